The molecule has 182 valence electrons. The van der Waals surface area contributed by atoms with Crippen molar-refractivity contribution in [2.24, 2.45) is 0 Å². The van der Waals surface area contributed by atoms with Crippen LogP contribution in [0, 0.1) is 0 Å². The van der Waals surface area contributed by atoms with Crippen LogP contribution < -0.4 is 14.4 Å². The van der Waals surface area contributed by atoms with Crippen molar-refractivity contribution in [3.05, 3.63) is 52.5 Å². The van der Waals surface area contributed by atoms with Gasteiger partial charge in [-0.3, -0.25) is 9.10 Å². The molecule has 2 rings (SSSR count). The summed E-state index contributed by atoms with van der Waals surface area (Å²) in [5.41, 5.74) is 0.168. The Labute approximate surface area is 204 Å². The lowest BCUT2D eigenvalue weighted by atomic mass is 10.2. The van der Waals surface area contributed by atoms with Crippen LogP contribution in [-0.2, 0) is 24.8 Å². The van der Waals surface area contributed by atoms with Gasteiger partial charge < -0.3 is 10.1 Å². The molecule has 2 aromatic rings. The number of hydrogen-bond acceptors (Lipinski definition) is 6. The minimum absolute atomic E-state index is 0.0834. The predicted octanol–water partition coefficient (Wildman–Crippen LogP) is 2.59. The number of nitrogens with one attached hydrogen (secondary N) is 1. The Bertz CT molecular complexity index is 1180. The van der Waals surface area contributed by atoms with Crippen molar-refractivity contribution in [1.82, 2.24) is 9.62 Å². The molecule has 0 unspecified atom stereocenters. The molecule has 0 heterocycles. The number of nitrogens with zero attached hydrogens (tertiary/aromatic N) is 2. The third kappa shape index (κ3) is 7.21. The molecule has 0 bridgehead atoms. The number of hydrogen-bond donors (Lipinski definition) is 1. The maximum absolute atomic E-state index is 12.6. The van der Waals surface area contributed by atoms with Crippen molar-refractivity contribution >= 4 is 54.8 Å². The molecule has 0 saturated carbocycles. The quantitative estimate of drug-likeness (QED) is 0.466. The molecular weight excluding hydrogens is 513 g/mol. The zero-order valence-corrected chi connectivity index (χ0v) is 21.6. The van der Waals surface area contributed by atoms with Crippen molar-refractivity contribution in [2.45, 2.75) is 17.9 Å². The number of carbonyl (C=O) groups is 1. The van der Waals surface area contributed by atoms with Crippen LogP contribution in [-0.4, -0.2) is 66.6 Å². The fourth-order valence-corrected chi connectivity index (χ4v) is 5.46. The van der Waals surface area contributed by atoms with Gasteiger partial charge in [0, 0.05) is 24.1 Å². The normalized spacial score (nSPS) is 12.9. The number of ether oxygens (including phenoxy) is 1. The molecule has 0 aliphatic heterocycles. The van der Waals surface area contributed by atoms with Gasteiger partial charge in [0.15, 0.2) is 0 Å². The summed E-state index contributed by atoms with van der Waals surface area (Å²) in [6.45, 7) is 1.62. The first-order valence-electron chi connectivity index (χ1n) is 9.62. The summed E-state index contributed by atoms with van der Waals surface area (Å²) in [6.07, 6.45) is 0.981. The summed E-state index contributed by atoms with van der Waals surface area (Å²) in [6, 6.07) is 9.05. The van der Waals surface area contributed by atoms with Crippen molar-refractivity contribution in [3.63, 3.8) is 0 Å². The average molecular weight is 538 g/mol. The molecule has 1 atom stereocenters. The molecule has 0 radical (unpaired) electrons. The Morgan fingerprint density at radius 1 is 1.03 bits per heavy atom. The van der Waals surface area contributed by atoms with Crippen molar-refractivity contribution in [2.75, 3.05) is 37.8 Å². The van der Waals surface area contributed by atoms with Gasteiger partial charge in [-0.05, 0) is 49.4 Å². The first kappa shape index (κ1) is 27.2. The Morgan fingerprint density at radius 3 is 2.06 bits per heavy atom. The van der Waals surface area contributed by atoms with E-state index in [1.807, 2.05) is 0 Å². The minimum Gasteiger partial charge on any atom is -0.492 e. The van der Waals surface area contributed by atoms with Crippen LogP contribution in [0.4, 0.5) is 5.69 Å². The highest BCUT2D eigenvalue weighted by atomic mass is 35.5. The van der Waals surface area contributed by atoms with E-state index in [2.05, 4.69) is 5.32 Å². The summed E-state index contributed by atoms with van der Waals surface area (Å²) < 4.78 is 56.4. The summed E-state index contributed by atoms with van der Waals surface area (Å²) in [7, 11) is -4.48. The molecule has 13 heteroatoms. The van der Waals surface area contributed by atoms with Crippen LogP contribution in [0.1, 0.15) is 6.92 Å². The van der Waals surface area contributed by atoms with Gasteiger partial charge in [-0.15, -0.1) is 0 Å². The molecule has 0 aromatic heterocycles. The largest absolute Gasteiger partial charge is 0.492 e. The van der Waals surface area contributed by atoms with Gasteiger partial charge in [0.1, 0.15) is 18.4 Å². The van der Waals surface area contributed by atoms with E-state index in [1.165, 1.54) is 63.5 Å². The molecule has 33 heavy (non-hydrogen) atoms. The molecule has 9 nitrogen and oxygen atoms in total. The predicted molar refractivity (Wildman–Crippen MR) is 129 cm³/mol. The first-order valence-corrected chi connectivity index (χ1v) is 13.7. The molecule has 1 N–H and O–H groups in total. The molecular formula is C20H25Cl2N3O6S2. The van der Waals surface area contributed by atoms with Gasteiger partial charge in [-0.1, -0.05) is 23.2 Å². The fourth-order valence-electron chi connectivity index (χ4n) is 2.88. The third-order valence-electron chi connectivity index (χ3n) is 4.46. The van der Waals surface area contributed by atoms with Gasteiger partial charge in [-0.2, -0.15) is 0 Å². The summed E-state index contributed by atoms with van der Waals surface area (Å²) in [5.74, 6) is -0.131. The third-order valence-corrected chi connectivity index (χ3v) is 7.97. The zero-order valence-electron chi connectivity index (χ0n) is 18.4. The standard InChI is InChI=1S/C20H25Cl2N3O6S2/c1-14(25(32(4,27)28)17-12-15(21)11-16(22)13-17)20(26)23-9-10-31-18-5-7-19(8-6-18)33(29,30)24(2)3/h5-8,11-14H,9-10H2,1-4H3,(H,23,26)/t14-/m1/s1. The van der Waals surface area contributed by atoms with E-state index in [0.717, 1.165) is 14.9 Å². The van der Waals surface area contributed by atoms with E-state index >= 15 is 0 Å². The summed E-state index contributed by atoms with van der Waals surface area (Å²) in [5, 5.41) is 3.08. The van der Waals surface area contributed by atoms with E-state index in [1.54, 1.807) is 0 Å². The number of rotatable bonds is 10. The Kier molecular flexibility index (Phi) is 9.00. The van der Waals surface area contributed by atoms with Crippen LogP contribution >= 0.6 is 23.2 Å². The molecule has 0 aliphatic carbocycles. The molecule has 0 saturated heterocycles. The Hall–Kier alpha value is -2.05. The second-order valence-corrected chi connectivity index (χ2v) is 12.1. The fraction of sp³-hybridized carbons (Fsp3) is 0.350. The Morgan fingerprint density at radius 2 is 1.58 bits per heavy atom. The highest BCUT2D eigenvalue weighted by Crippen LogP contribution is 2.28. The lowest BCUT2D eigenvalue weighted by molar-refractivity contribution is -0.121. The Balaban J connectivity index is 1.99. The second-order valence-electron chi connectivity index (χ2n) is 7.26. The smallest absolute Gasteiger partial charge is 0.243 e. The number of carbonyl (C=O) groups excluding carboxylic acids is 1. The van der Waals surface area contributed by atoms with Crippen molar-refractivity contribution in [3.8, 4) is 5.75 Å². The van der Waals surface area contributed by atoms with E-state index < -0.39 is 32.0 Å². The van der Waals surface area contributed by atoms with E-state index in [9.17, 15) is 21.6 Å². The monoisotopic (exact) mass is 537 g/mol. The van der Waals surface area contributed by atoms with Gasteiger partial charge in [0.05, 0.1) is 23.4 Å². The van der Waals surface area contributed by atoms with Crippen molar-refractivity contribution in [1.29, 1.82) is 0 Å². The van der Waals surface area contributed by atoms with E-state index in [-0.39, 0.29) is 33.8 Å². The van der Waals surface area contributed by atoms with E-state index in [4.69, 9.17) is 27.9 Å². The minimum atomic E-state index is -3.82. The summed E-state index contributed by atoms with van der Waals surface area (Å²) in [4.78, 5) is 12.7. The molecule has 1 amide bonds. The molecule has 2 aromatic carbocycles. The van der Waals surface area contributed by atoms with Crippen molar-refractivity contribution < 1.29 is 26.4 Å². The van der Waals surface area contributed by atoms with E-state index in [0.29, 0.717) is 5.75 Å². The van der Waals surface area contributed by atoms with Gasteiger partial charge in [0.2, 0.25) is 26.0 Å². The number of sulfonamides is 2. The average Bonchev–Trinajstić information content (AvgIpc) is 2.69. The highest BCUT2D eigenvalue weighted by molar-refractivity contribution is 7.92. The van der Waals surface area contributed by atoms with Crippen LogP contribution in [0.15, 0.2) is 47.4 Å². The van der Waals surface area contributed by atoms with Gasteiger partial charge in [-0.25, -0.2) is 21.1 Å². The van der Waals surface area contributed by atoms with Crippen LogP contribution in [0.25, 0.3) is 0 Å². The number of amides is 1. The number of benzene rings is 2. The lowest BCUT2D eigenvalue weighted by Crippen LogP contribution is -2.48. The highest BCUT2D eigenvalue weighted by Gasteiger charge is 2.29. The zero-order chi connectivity index (χ0) is 25.0. The van der Waals surface area contributed by atoms with Crippen LogP contribution in [0.5, 0.6) is 5.75 Å². The molecule has 0 spiro atoms. The maximum atomic E-state index is 12.6. The number of halogens is 2. The van der Waals surface area contributed by atoms with Crippen LogP contribution in [0.2, 0.25) is 10.0 Å². The summed E-state index contributed by atoms with van der Waals surface area (Å²) >= 11 is 12.0. The van der Waals surface area contributed by atoms with Gasteiger partial charge >= 0.3 is 0 Å². The SMILES string of the molecule is C[C@H](C(=O)NCCOc1ccc(S(=O)(=O)N(C)C)cc1)N(c1cc(Cl)cc(Cl)c1)S(C)(=O)=O. The maximum Gasteiger partial charge on any atom is 0.243 e. The topological polar surface area (TPSA) is 113 Å². The lowest BCUT2D eigenvalue weighted by Gasteiger charge is -2.28. The second kappa shape index (κ2) is 10.9. The number of anilines is 1. The molecule has 0 aliphatic rings. The molecule has 0 fully saturated rings. The van der Waals surface area contributed by atoms with Crippen LogP contribution in [0.3, 0.4) is 0 Å². The van der Waals surface area contributed by atoms with Gasteiger partial charge in [0.25, 0.3) is 0 Å². The first-order chi connectivity index (χ1) is 15.2.